The molecule has 0 saturated heterocycles. The summed E-state index contributed by atoms with van der Waals surface area (Å²) in [6.07, 6.45) is 2.38. The maximum atomic E-state index is 12.0. The highest BCUT2D eigenvalue weighted by Gasteiger charge is 2.28. The minimum Gasteiger partial charge on any atom is -0.449 e. The molecule has 0 spiro atoms. The van der Waals surface area contributed by atoms with E-state index in [-0.39, 0.29) is 17.4 Å². The first kappa shape index (κ1) is 17.3. The number of ether oxygens (including phenoxy) is 1. The SMILES string of the molecule is C=CC(C)(C)CCNC(=O)OCC1c2ccccc2-c2ccccc21. The predicted octanol–water partition coefficient (Wildman–Crippen LogP) is 5.13. The van der Waals surface area contributed by atoms with Gasteiger partial charge in [-0.1, -0.05) is 68.5 Å². The zero-order chi connectivity index (χ0) is 17.9. The lowest BCUT2D eigenvalue weighted by Gasteiger charge is -2.20. The van der Waals surface area contributed by atoms with Gasteiger partial charge in [-0.05, 0) is 34.1 Å². The van der Waals surface area contributed by atoms with E-state index in [1.807, 2.05) is 30.3 Å². The molecule has 3 heteroatoms. The van der Waals surface area contributed by atoms with Crippen LogP contribution in [0.4, 0.5) is 4.79 Å². The maximum absolute atomic E-state index is 12.0. The lowest BCUT2D eigenvalue weighted by atomic mass is 9.90. The van der Waals surface area contributed by atoms with Crippen molar-refractivity contribution in [3.8, 4) is 11.1 Å². The van der Waals surface area contributed by atoms with Crippen molar-refractivity contribution in [3.05, 3.63) is 72.3 Å². The molecule has 0 heterocycles. The van der Waals surface area contributed by atoms with Crippen molar-refractivity contribution in [3.63, 3.8) is 0 Å². The van der Waals surface area contributed by atoms with Gasteiger partial charge in [0.1, 0.15) is 6.61 Å². The third-order valence-electron chi connectivity index (χ3n) is 4.93. The molecule has 2 aromatic carbocycles. The Morgan fingerprint density at radius 1 is 1.12 bits per heavy atom. The molecule has 3 nitrogen and oxygen atoms in total. The first-order chi connectivity index (χ1) is 12.0. The summed E-state index contributed by atoms with van der Waals surface area (Å²) in [4.78, 5) is 12.0. The van der Waals surface area contributed by atoms with Crippen LogP contribution in [0, 0.1) is 5.41 Å². The molecule has 130 valence electrons. The van der Waals surface area contributed by atoms with E-state index in [1.165, 1.54) is 22.3 Å². The van der Waals surface area contributed by atoms with Gasteiger partial charge in [-0.25, -0.2) is 4.79 Å². The summed E-state index contributed by atoms with van der Waals surface area (Å²) in [5.41, 5.74) is 4.93. The number of hydrogen-bond acceptors (Lipinski definition) is 2. The molecule has 0 aromatic heterocycles. The number of benzene rings is 2. The fourth-order valence-electron chi connectivity index (χ4n) is 3.24. The summed E-state index contributed by atoms with van der Waals surface area (Å²) in [6, 6.07) is 16.7. The van der Waals surface area contributed by atoms with Crippen LogP contribution in [0.2, 0.25) is 0 Å². The van der Waals surface area contributed by atoms with Gasteiger partial charge in [0.2, 0.25) is 0 Å². The molecule has 2 aromatic rings. The predicted molar refractivity (Wildman–Crippen MR) is 102 cm³/mol. The number of amides is 1. The second kappa shape index (κ2) is 7.14. The van der Waals surface area contributed by atoms with E-state index in [1.54, 1.807) is 0 Å². The second-order valence-corrected chi connectivity index (χ2v) is 7.20. The van der Waals surface area contributed by atoms with Gasteiger partial charge in [0.05, 0.1) is 0 Å². The van der Waals surface area contributed by atoms with E-state index in [4.69, 9.17) is 4.74 Å². The molecule has 1 aliphatic carbocycles. The first-order valence-electron chi connectivity index (χ1n) is 8.74. The Kier molecular flexibility index (Phi) is 4.93. The standard InChI is InChI=1S/C22H25NO2/c1-4-22(2,3)13-14-23-21(24)25-15-20-18-11-7-5-9-16(18)17-10-6-8-12-19(17)20/h4-12,20H,1,13-15H2,2-3H3,(H,23,24). The zero-order valence-corrected chi connectivity index (χ0v) is 14.9. The summed E-state index contributed by atoms with van der Waals surface area (Å²) in [6.45, 7) is 8.94. The molecule has 0 atom stereocenters. The van der Waals surface area contributed by atoms with E-state index in [2.05, 4.69) is 50.0 Å². The van der Waals surface area contributed by atoms with Crippen molar-refractivity contribution in [2.75, 3.05) is 13.2 Å². The number of carbonyl (C=O) groups excluding carboxylic acids is 1. The summed E-state index contributed by atoms with van der Waals surface area (Å²) in [5, 5.41) is 2.84. The van der Waals surface area contributed by atoms with Crippen molar-refractivity contribution in [1.82, 2.24) is 5.32 Å². The smallest absolute Gasteiger partial charge is 0.407 e. The molecule has 25 heavy (non-hydrogen) atoms. The highest BCUT2D eigenvalue weighted by Crippen LogP contribution is 2.44. The van der Waals surface area contributed by atoms with Crippen LogP contribution >= 0.6 is 0 Å². The molecule has 0 aliphatic heterocycles. The van der Waals surface area contributed by atoms with Gasteiger partial charge in [-0.15, -0.1) is 6.58 Å². The molecular weight excluding hydrogens is 310 g/mol. The molecule has 0 saturated carbocycles. The topological polar surface area (TPSA) is 38.3 Å². The molecule has 1 aliphatic rings. The quantitative estimate of drug-likeness (QED) is 0.743. The number of rotatable bonds is 6. The Labute approximate surface area is 149 Å². The van der Waals surface area contributed by atoms with Gasteiger partial charge >= 0.3 is 6.09 Å². The van der Waals surface area contributed by atoms with E-state index in [9.17, 15) is 4.79 Å². The molecule has 0 radical (unpaired) electrons. The molecule has 0 fully saturated rings. The molecule has 3 rings (SSSR count). The van der Waals surface area contributed by atoms with Crippen LogP contribution in [0.15, 0.2) is 61.2 Å². The molecule has 1 N–H and O–H groups in total. The Bertz CT molecular complexity index is 734. The van der Waals surface area contributed by atoms with Crippen LogP contribution in [0.3, 0.4) is 0 Å². The zero-order valence-electron chi connectivity index (χ0n) is 14.9. The third-order valence-corrected chi connectivity index (χ3v) is 4.93. The van der Waals surface area contributed by atoms with Crippen LogP contribution in [-0.2, 0) is 4.74 Å². The van der Waals surface area contributed by atoms with Gasteiger partial charge < -0.3 is 10.1 Å². The Balaban J connectivity index is 1.62. The van der Waals surface area contributed by atoms with Crippen molar-refractivity contribution in [2.24, 2.45) is 5.41 Å². The fraction of sp³-hybridized carbons (Fsp3) is 0.318. The lowest BCUT2D eigenvalue weighted by molar-refractivity contribution is 0.142. The van der Waals surface area contributed by atoms with E-state index in [0.29, 0.717) is 13.2 Å². The van der Waals surface area contributed by atoms with E-state index in [0.717, 1.165) is 6.42 Å². The average Bonchev–Trinajstić information content (AvgIpc) is 2.94. The Morgan fingerprint density at radius 2 is 1.68 bits per heavy atom. The molecule has 0 unspecified atom stereocenters. The van der Waals surface area contributed by atoms with Crippen LogP contribution in [0.1, 0.15) is 37.3 Å². The number of nitrogens with one attached hydrogen (secondary N) is 1. The van der Waals surface area contributed by atoms with Crippen LogP contribution in [-0.4, -0.2) is 19.2 Å². The average molecular weight is 335 g/mol. The summed E-state index contributed by atoms with van der Waals surface area (Å²) in [7, 11) is 0. The molecule has 1 amide bonds. The largest absolute Gasteiger partial charge is 0.449 e. The number of carbonyl (C=O) groups is 1. The van der Waals surface area contributed by atoms with Crippen LogP contribution < -0.4 is 5.32 Å². The van der Waals surface area contributed by atoms with Crippen molar-refractivity contribution in [1.29, 1.82) is 0 Å². The maximum Gasteiger partial charge on any atom is 0.407 e. The van der Waals surface area contributed by atoms with Crippen molar-refractivity contribution < 1.29 is 9.53 Å². The molecule has 0 bridgehead atoms. The third kappa shape index (κ3) is 3.76. The van der Waals surface area contributed by atoms with Gasteiger partial charge in [0, 0.05) is 12.5 Å². The highest BCUT2D eigenvalue weighted by molar-refractivity contribution is 5.79. The van der Waals surface area contributed by atoms with Gasteiger partial charge in [-0.2, -0.15) is 0 Å². The number of fused-ring (bicyclic) bond motifs is 3. The highest BCUT2D eigenvalue weighted by atomic mass is 16.5. The first-order valence-corrected chi connectivity index (χ1v) is 8.74. The number of hydrogen-bond donors (Lipinski definition) is 1. The van der Waals surface area contributed by atoms with E-state index >= 15 is 0 Å². The number of alkyl carbamates (subject to hydrolysis) is 1. The minimum absolute atomic E-state index is 0.0105. The van der Waals surface area contributed by atoms with Gasteiger partial charge in [0.25, 0.3) is 0 Å². The van der Waals surface area contributed by atoms with Gasteiger partial charge in [0.15, 0.2) is 0 Å². The number of allylic oxidation sites excluding steroid dienone is 1. The van der Waals surface area contributed by atoms with Gasteiger partial charge in [-0.3, -0.25) is 0 Å². The van der Waals surface area contributed by atoms with Crippen LogP contribution in [0.5, 0.6) is 0 Å². The monoisotopic (exact) mass is 335 g/mol. The summed E-state index contributed by atoms with van der Waals surface area (Å²) in [5.74, 6) is 0.0998. The van der Waals surface area contributed by atoms with Crippen LogP contribution in [0.25, 0.3) is 11.1 Å². The Morgan fingerprint density at radius 3 is 2.24 bits per heavy atom. The second-order valence-electron chi connectivity index (χ2n) is 7.20. The summed E-state index contributed by atoms with van der Waals surface area (Å²) >= 11 is 0. The normalized spacial score (nSPS) is 13.0. The minimum atomic E-state index is -0.360. The molecular formula is C22H25NO2. The summed E-state index contributed by atoms with van der Waals surface area (Å²) < 4.78 is 5.51. The van der Waals surface area contributed by atoms with Crippen molar-refractivity contribution in [2.45, 2.75) is 26.2 Å². The Hall–Kier alpha value is -2.55. The lowest BCUT2D eigenvalue weighted by Crippen LogP contribution is -2.29. The fourth-order valence-corrected chi connectivity index (χ4v) is 3.24. The van der Waals surface area contributed by atoms with Crippen molar-refractivity contribution >= 4 is 6.09 Å². The van der Waals surface area contributed by atoms with E-state index < -0.39 is 0 Å².